The number of aromatic nitrogens is 2. The second-order valence-corrected chi connectivity index (χ2v) is 5.16. The van der Waals surface area contributed by atoms with Gasteiger partial charge in [-0.05, 0) is 30.5 Å². The van der Waals surface area contributed by atoms with Crippen molar-refractivity contribution in [3.8, 4) is 5.75 Å². The standard InChI is InChI=1S/C15H20ClN3O/c1-4-8-19-15(13(20-3)9-18-19)14(17)11-6-5-7-12(16)10(11)2/h5-7,9,14H,4,8,17H2,1-3H3. The lowest BCUT2D eigenvalue weighted by Gasteiger charge is -2.18. The maximum Gasteiger partial charge on any atom is 0.161 e. The van der Waals surface area contributed by atoms with Crippen LogP contribution in [-0.2, 0) is 6.54 Å². The van der Waals surface area contributed by atoms with E-state index >= 15 is 0 Å². The van der Waals surface area contributed by atoms with Crippen LogP contribution in [0.25, 0.3) is 0 Å². The Morgan fingerprint density at radius 2 is 2.20 bits per heavy atom. The highest BCUT2D eigenvalue weighted by molar-refractivity contribution is 6.31. The Morgan fingerprint density at radius 1 is 1.45 bits per heavy atom. The molecule has 1 unspecified atom stereocenters. The number of hydrogen-bond acceptors (Lipinski definition) is 3. The van der Waals surface area contributed by atoms with Crippen molar-refractivity contribution in [2.45, 2.75) is 32.9 Å². The van der Waals surface area contributed by atoms with Gasteiger partial charge in [0.2, 0.25) is 0 Å². The largest absolute Gasteiger partial charge is 0.493 e. The van der Waals surface area contributed by atoms with Crippen molar-refractivity contribution in [3.63, 3.8) is 0 Å². The maximum atomic E-state index is 6.44. The van der Waals surface area contributed by atoms with Crippen LogP contribution in [0.1, 0.15) is 36.2 Å². The molecule has 20 heavy (non-hydrogen) atoms. The van der Waals surface area contributed by atoms with Gasteiger partial charge < -0.3 is 10.5 Å². The number of nitrogens with two attached hydrogens (primary N) is 1. The summed E-state index contributed by atoms with van der Waals surface area (Å²) in [6, 6.07) is 5.47. The van der Waals surface area contributed by atoms with Crippen molar-refractivity contribution in [1.82, 2.24) is 9.78 Å². The molecular formula is C15H20ClN3O. The first kappa shape index (κ1) is 14.9. The molecule has 0 aliphatic carbocycles. The van der Waals surface area contributed by atoms with E-state index in [2.05, 4.69) is 12.0 Å². The summed E-state index contributed by atoms with van der Waals surface area (Å²) < 4.78 is 7.30. The van der Waals surface area contributed by atoms with E-state index in [4.69, 9.17) is 22.1 Å². The van der Waals surface area contributed by atoms with Gasteiger partial charge in [0, 0.05) is 11.6 Å². The molecule has 2 N–H and O–H groups in total. The van der Waals surface area contributed by atoms with Gasteiger partial charge in [-0.25, -0.2) is 0 Å². The lowest BCUT2D eigenvalue weighted by atomic mass is 9.99. The maximum absolute atomic E-state index is 6.44. The summed E-state index contributed by atoms with van der Waals surface area (Å²) in [5, 5.41) is 5.07. The molecule has 0 saturated carbocycles. The van der Waals surface area contributed by atoms with Gasteiger partial charge in [-0.2, -0.15) is 5.10 Å². The second kappa shape index (κ2) is 6.29. The van der Waals surface area contributed by atoms with Crippen LogP contribution in [0.4, 0.5) is 0 Å². The number of aryl methyl sites for hydroxylation is 1. The highest BCUT2D eigenvalue weighted by Gasteiger charge is 2.21. The van der Waals surface area contributed by atoms with Gasteiger partial charge in [-0.3, -0.25) is 4.68 Å². The second-order valence-electron chi connectivity index (χ2n) is 4.75. The zero-order valence-corrected chi connectivity index (χ0v) is 12.8. The first-order valence-electron chi connectivity index (χ1n) is 6.70. The van der Waals surface area contributed by atoms with Crippen molar-refractivity contribution in [1.29, 1.82) is 0 Å². The van der Waals surface area contributed by atoms with E-state index in [1.807, 2.05) is 29.8 Å². The molecule has 0 aliphatic rings. The van der Waals surface area contributed by atoms with Gasteiger partial charge in [0.05, 0.1) is 19.3 Å². The molecule has 5 heteroatoms. The van der Waals surface area contributed by atoms with Gasteiger partial charge in [0.1, 0.15) is 5.69 Å². The molecule has 1 atom stereocenters. The summed E-state index contributed by atoms with van der Waals surface area (Å²) in [5.74, 6) is 0.713. The first-order valence-corrected chi connectivity index (χ1v) is 7.08. The summed E-state index contributed by atoms with van der Waals surface area (Å²) in [5.41, 5.74) is 9.31. The summed E-state index contributed by atoms with van der Waals surface area (Å²) in [6.45, 7) is 4.89. The van der Waals surface area contributed by atoms with Gasteiger partial charge in [0.15, 0.2) is 5.75 Å². The molecule has 0 aliphatic heterocycles. The van der Waals surface area contributed by atoms with Gasteiger partial charge in [-0.15, -0.1) is 0 Å². The highest BCUT2D eigenvalue weighted by atomic mass is 35.5. The fraction of sp³-hybridized carbons (Fsp3) is 0.400. The Bertz CT molecular complexity index is 595. The minimum atomic E-state index is -0.308. The number of ether oxygens (including phenoxy) is 1. The number of halogens is 1. The molecule has 4 nitrogen and oxygen atoms in total. The normalized spacial score (nSPS) is 12.4. The van der Waals surface area contributed by atoms with E-state index in [1.54, 1.807) is 13.3 Å². The fourth-order valence-corrected chi connectivity index (χ4v) is 2.53. The van der Waals surface area contributed by atoms with Crippen molar-refractivity contribution in [2.75, 3.05) is 7.11 Å². The average molecular weight is 294 g/mol. The lowest BCUT2D eigenvalue weighted by molar-refractivity contribution is 0.404. The van der Waals surface area contributed by atoms with E-state index in [1.165, 1.54) is 0 Å². The molecule has 2 aromatic rings. The van der Waals surface area contributed by atoms with Crippen molar-refractivity contribution < 1.29 is 4.74 Å². The average Bonchev–Trinajstić information content (AvgIpc) is 2.84. The third-order valence-electron chi connectivity index (χ3n) is 3.44. The molecule has 1 heterocycles. The SMILES string of the molecule is CCCn1ncc(OC)c1C(N)c1cccc(Cl)c1C. The smallest absolute Gasteiger partial charge is 0.161 e. The van der Waals surface area contributed by atoms with E-state index < -0.39 is 0 Å². The van der Waals surface area contributed by atoms with Gasteiger partial charge in [-0.1, -0.05) is 30.7 Å². The molecule has 1 aromatic carbocycles. The van der Waals surface area contributed by atoms with Crippen molar-refractivity contribution >= 4 is 11.6 Å². The van der Waals surface area contributed by atoms with Crippen LogP contribution in [0.2, 0.25) is 5.02 Å². The third-order valence-corrected chi connectivity index (χ3v) is 3.85. The zero-order valence-electron chi connectivity index (χ0n) is 12.1. The van der Waals surface area contributed by atoms with Gasteiger partial charge in [0.25, 0.3) is 0 Å². The van der Waals surface area contributed by atoms with Crippen LogP contribution in [-0.4, -0.2) is 16.9 Å². The molecule has 1 aromatic heterocycles. The summed E-state index contributed by atoms with van der Waals surface area (Å²) in [7, 11) is 1.63. The third kappa shape index (κ3) is 2.67. The number of rotatable bonds is 5. The summed E-state index contributed by atoms with van der Waals surface area (Å²) in [4.78, 5) is 0. The molecule has 0 bridgehead atoms. The molecular weight excluding hydrogens is 274 g/mol. The van der Waals surface area contributed by atoms with Crippen LogP contribution in [0.5, 0.6) is 5.75 Å². The van der Waals surface area contributed by atoms with Crippen LogP contribution in [0.15, 0.2) is 24.4 Å². The number of benzene rings is 1. The Balaban J connectivity index is 2.49. The van der Waals surface area contributed by atoms with E-state index in [0.29, 0.717) is 5.75 Å². The predicted octanol–water partition coefficient (Wildman–Crippen LogP) is 3.31. The minimum absolute atomic E-state index is 0.308. The summed E-state index contributed by atoms with van der Waals surface area (Å²) >= 11 is 6.18. The first-order chi connectivity index (χ1) is 9.60. The number of hydrogen-bond donors (Lipinski definition) is 1. The van der Waals surface area contributed by atoms with E-state index in [0.717, 1.165) is 34.8 Å². The summed E-state index contributed by atoms with van der Waals surface area (Å²) in [6.07, 6.45) is 2.70. The Kier molecular flexibility index (Phi) is 4.68. The van der Waals surface area contributed by atoms with Crippen LogP contribution < -0.4 is 10.5 Å². The minimum Gasteiger partial charge on any atom is -0.493 e. The van der Waals surface area contributed by atoms with E-state index in [-0.39, 0.29) is 6.04 Å². The van der Waals surface area contributed by atoms with Crippen LogP contribution >= 0.6 is 11.6 Å². The Morgan fingerprint density at radius 3 is 2.85 bits per heavy atom. The molecule has 108 valence electrons. The quantitative estimate of drug-likeness (QED) is 0.920. The van der Waals surface area contributed by atoms with Crippen molar-refractivity contribution in [3.05, 3.63) is 46.2 Å². The lowest BCUT2D eigenvalue weighted by Crippen LogP contribution is -2.19. The highest BCUT2D eigenvalue weighted by Crippen LogP contribution is 2.32. The van der Waals surface area contributed by atoms with E-state index in [9.17, 15) is 0 Å². The predicted molar refractivity (Wildman–Crippen MR) is 81.3 cm³/mol. The molecule has 0 saturated heterocycles. The van der Waals surface area contributed by atoms with Gasteiger partial charge >= 0.3 is 0 Å². The number of methoxy groups -OCH3 is 1. The molecule has 0 spiro atoms. The number of nitrogens with zero attached hydrogens (tertiary/aromatic N) is 2. The Hall–Kier alpha value is -1.52. The topological polar surface area (TPSA) is 53.1 Å². The molecule has 2 rings (SSSR count). The fourth-order valence-electron chi connectivity index (χ4n) is 2.35. The molecule has 0 radical (unpaired) electrons. The van der Waals surface area contributed by atoms with Crippen molar-refractivity contribution in [2.24, 2.45) is 5.73 Å². The van der Waals surface area contributed by atoms with Crippen LogP contribution in [0, 0.1) is 6.92 Å². The zero-order chi connectivity index (χ0) is 14.7. The monoisotopic (exact) mass is 293 g/mol. The van der Waals surface area contributed by atoms with Crippen LogP contribution in [0.3, 0.4) is 0 Å². The molecule has 0 amide bonds. The molecule has 0 fully saturated rings. The Labute approximate surface area is 124 Å².